The maximum Gasteiger partial charge on any atom is 0.326 e. The largest absolute Gasteiger partial charge is 0.493 e. The molecule has 1 aromatic heterocycles. The monoisotopic (exact) mass is 355 g/mol. The predicted octanol–water partition coefficient (Wildman–Crippen LogP) is 3.27. The van der Waals surface area contributed by atoms with Crippen LogP contribution in [-0.4, -0.2) is 37.6 Å². The second kappa shape index (κ2) is 6.83. The molecule has 8 heteroatoms. The SMILES string of the molecule is COc1ccc(-c2noc(Nc3ccc4c(c3)OCCO4)n2)cc1OC. The van der Waals surface area contributed by atoms with Gasteiger partial charge in [0.2, 0.25) is 5.82 Å². The van der Waals surface area contributed by atoms with Crippen LogP contribution in [-0.2, 0) is 0 Å². The lowest BCUT2D eigenvalue weighted by Crippen LogP contribution is -2.15. The average molecular weight is 355 g/mol. The summed E-state index contributed by atoms with van der Waals surface area (Å²) < 4.78 is 26.9. The lowest BCUT2D eigenvalue weighted by molar-refractivity contribution is 0.171. The molecule has 0 atom stereocenters. The minimum Gasteiger partial charge on any atom is -0.493 e. The molecule has 0 radical (unpaired) electrons. The van der Waals surface area contributed by atoms with Crippen LogP contribution in [0.3, 0.4) is 0 Å². The van der Waals surface area contributed by atoms with Crippen molar-refractivity contribution < 1.29 is 23.5 Å². The Morgan fingerprint density at radius 3 is 2.54 bits per heavy atom. The number of nitrogens with one attached hydrogen (secondary N) is 1. The smallest absolute Gasteiger partial charge is 0.326 e. The van der Waals surface area contributed by atoms with Gasteiger partial charge in [-0.05, 0) is 30.3 Å². The van der Waals surface area contributed by atoms with E-state index in [0.29, 0.717) is 36.3 Å². The van der Waals surface area contributed by atoms with E-state index in [-0.39, 0.29) is 6.01 Å². The first-order chi connectivity index (χ1) is 12.8. The zero-order valence-corrected chi connectivity index (χ0v) is 14.3. The summed E-state index contributed by atoms with van der Waals surface area (Å²) in [4.78, 5) is 4.36. The Morgan fingerprint density at radius 1 is 0.923 bits per heavy atom. The van der Waals surface area contributed by atoms with E-state index in [1.807, 2.05) is 24.3 Å². The molecule has 0 saturated heterocycles. The van der Waals surface area contributed by atoms with E-state index in [9.17, 15) is 0 Å². The van der Waals surface area contributed by atoms with E-state index in [2.05, 4.69) is 15.5 Å². The van der Waals surface area contributed by atoms with Gasteiger partial charge in [-0.3, -0.25) is 0 Å². The van der Waals surface area contributed by atoms with Gasteiger partial charge < -0.3 is 28.8 Å². The van der Waals surface area contributed by atoms with Gasteiger partial charge in [0.25, 0.3) is 0 Å². The number of ether oxygens (including phenoxy) is 4. The number of hydrogen-bond acceptors (Lipinski definition) is 8. The number of rotatable bonds is 5. The minimum atomic E-state index is 0.270. The summed E-state index contributed by atoms with van der Waals surface area (Å²) >= 11 is 0. The van der Waals surface area contributed by atoms with Crippen molar-refractivity contribution in [3.8, 4) is 34.4 Å². The third-order valence-corrected chi connectivity index (χ3v) is 3.86. The van der Waals surface area contributed by atoms with E-state index >= 15 is 0 Å². The van der Waals surface area contributed by atoms with E-state index in [0.717, 1.165) is 17.0 Å². The Kier molecular flexibility index (Phi) is 4.22. The van der Waals surface area contributed by atoms with Crippen LogP contribution >= 0.6 is 0 Å². The van der Waals surface area contributed by atoms with Crippen molar-refractivity contribution in [1.82, 2.24) is 10.1 Å². The lowest BCUT2D eigenvalue weighted by atomic mass is 10.2. The molecule has 0 amide bonds. The van der Waals surface area contributed by atoms with Gasteiger partial charge >= 0.3 is 6.01 Å². The molecule has 2 heterocycles. The summed E-state index contributed by atoms with van der Waals surface area (Å²) in [6.07, 6.45) is 0. The van der Waals surface area contributed by atoms with Crippen LogP contribution in [0.1, 0.15) is 0 Å². The summed E-state index contributed by atoms with van der Waals surface area (Å²) in [7, 11) is 3.16. The molecule has 0 aliphatic carbocycles. The Balaban J connectivity index is 1.55. The van der Waals surface area contributed by atoms with Crippen LogP contribution in [0.5, 0.6) is 23.0 Å². The van der Waals surface area contributed by atoms with Gasteiger partial charge in [-0.25, -0.2) is 0 Å². The number of fused-ring (bicyclic) bond motifs is 1. The number of benzene rings is 2. The van der Waals surface area contributed by atoms with E-state index < -0.39 is 0 Å². The van der Waals surface area contributed by atoms with Crippen molar-refractivity contribution in [2.75, 3.05) is 32.8 Å². The molecule has 134 valence electrons. The number of anilines is 2. The fourth-order valence-corrected chi connectivity index (χ4v) is 2.61. The van der Waals surface area contributed by atoms with Gasteiger partial charge in [0, 0.05) is 17.3 Å². The molecule has 4 rings (SSSR count). The third kappa shape index (κ3) is 3.08. The summed E-state index contributed by atoms with van der Waals surface area (Å²) in [5.41, 5.74) is 1.51. The zero-order chi connectivity index (χ0) is 17.9. The van der Waals surface area contributed by atoms with Crippen molar-refractivity contribution >= 4 is 11.7 Å². The number of aromatic nitrogens is 2. The highest BCUT2D eigenvalue weighted by Crippen LogP contribution is 2.34. The zero-order valence-electron chi connectivity index (χ0n) is 14.3. The Hall–Kier alpha value is -3.42. The molecule has 3 aromatic rings. The molecule has 1 N–H and O–H groups in total. The molecule has 26 heavy (non-hydrogen) atoms. The summed E-state index contributed by atoms with van der Waals surface area (Å²) in [6.45, 7) is 1.08. The number of methoxy groups -OCH3 is 2. The van der Waals surface area contributed by atoms with E-state index in [4.69, 9.17) is 23.5 Å². The van der Waals surface area contributed by atoms with Gasteiger partial charge in [0.05, 0.1) is 14.2 Å². The molecular weight excluding hydrogens is 338 g/mol. The second-order valence-corrected chi connectivity index (χ2v) is 5.48. The maximum absolute atomic E-state index is 5.57. The Bertz CT molecular complexity index is 925. The first-order valence-corrected chi connectivity index (χ1v) is 7.99. The van der Waals surface area contributed by atoms with Crippen LogP contribution < -0.4 is 24.3 Å². The maximum atomic E-state index is 5.57. The lowest BCUT2D eigenvalue weighted by Gasteiger charge is -2.18. The molecule has 1 aliphatic heterocycles. The molecule has 0 saturated carbocycles. The average Bonchev–Trinajstić information content (AvgIpc) is 3.15. The Morgan fingerprint density at radius 2 is 1.73 bits per heavy atom. The van der Waals surface area contributed by atoms with Crippen LogP contribution in [0.2, 0.25) is 0 Å². The highest BCUT2D eigenvalue weighted by atomic mass is 16.6. The highest BCUT2D eigenvalue weighted by Gasteiger charge is 2.15. The number of nitrogens with zero attached hydrogens (tertiary/aromatic N) is 2. The highest BCUT2D eigenvalue weighted by molar-refractivity contribution is 5.63. The second-order valence-electron chi connectivity index (χ2n) is 5.48. The topological polar surface area (TPSA) is 87.9 Å². The summed E-state index contributed by atoms with van der Waals surface area (Å²) in [6, 6.07) is 11.2. The van der Waals surface area contributed by atoms with Crippen molar-refractivity contribution in [3.05, 3.63) is 36.4 Å². The van der Waals surface area contributed by atoms with Crippen LogP contribution in [0.15, 0.2) is 40.9 Å². The van der Waals surface area contributed by atoms with Crippen molar-refractivity contribution in [2.45, 2.75) is 0 Å². The molecule has 0 unspecified atom stereocenters. The molecule has 8 nitrogen and oxygen atoms in total. The van der Waals surface area contributed by atoms with Gasteiger partial charge in [0.1, 0.15) is 13.2 Å². The fraction of sp³-hybridized carbons (Fsp3) is 0.222. The fourth-order valence-electron chi connectivity index (χ4n) is 2.61. The molecule has 0 spiro atoms. The van der Waals surface area contributed by atoms with Gasteiger partial charge in [-0.2, -0.15) is 4.98 Å². The first kappa shape index (κ1) is 16.1. The molecular formula is C18H17N3O5. The summed E-state index contributed by atoms with van der Waals surface area (Å²) in [5, 5.41) is 7.06. The first-order valence-electron chi connectivity index (χ1n) is 7.99. The molecule has 0 bridgehead atoms. The molecule has 0 fully saturated rings. The standard InChI is InChI=1S/C18H17N3O5/c1-22-13-5-3-11(9-15(13)23-2)17-20-18(26-21-17)19-12-4-6-14-16(10-12)25-8-7-24-14/h3-6,9-10H,7-8H2,1-2H3,(H,19,20,21). The quantitative estimate of drug-likeness (QED) is 0.746. The molecule has 2 aromatic carbocycles. The third-order valence-electron chi connectivity index (χ3n) is 3.86. The normalized spacial score (nSPS) is 12.5. The minimum absolute atomic E-state index is 0.270. The van der Waals surface area contributed by atoms with E-state index in [1.165, 1.54) is 0 Å². The van der Waals surface area contributed by atoms with Crippen molar-refractivity contribution in [1.29, 1.82) is 0 Å². The van der Waals surface area contributed by atoms with Gasteiger partial charge in [0.15, 0.2) is 23.0 Å². The van der Waals surface area contributed by atoms with Crippen molar-refractivity contribution in [2.24, 2.45) is 0 Å². The van der Waals surface area contributed by atoms with Crippen molar-refractivity contribution in [3.63, 3.8) is 0 Å². The Labute approximate surface area is 149 Å². The van der Waals surface area contributed by atoms with Gasteiger partial charge in [-0.1, -0.05) is 5.16 Å². The van der Waals surface area contributed by atoms with Crippen LogP contribution in [0.25, 0.3) is 11.4 Å². The molecule has 1 aliphatic rings. The summed E-state index contributed by atoms with van der Waals surface area (Å²) in [5.74, 6) is 3.07. The predicted molar refractivity (Wildman–Crippen MR) is 93.6 cm³/mol. The van der Waals surface area contributed by atoms with Crippen LogP contribution in [0.4, 0.5) is 11.7 Å². The van der Waals surface area contributed by atoms with Gasteiger partial charge in [-0.15, -0.1) is 0 Å². The van der Waals surface area contributed by atoms with Crippen LogP contribution in [0, 0.1) is 0 Å². The van der Waals surface area contributed by atoms with E-state index in [1.54, 1.807) is 26.4 Å². The number of hydrogen-bond donors (Lipinski definition) is 1.